The predicted molar refractivity (Wildman–Crippen MR) is 78.7 cm³/mol. The molecule has 2 saturated carbocycles. The Kier molecular flexibility index (Phi) is 3.97. The highest BCUT2D eigenvalue weighted by Crippen LogP contribution is 2.52. The fourth-order valence-corrected chi connectivity index (χ4v) is 4.42. The molecule has 2 rings (SSSR count). The van der Waals surface area contributed by atoms with E-state index in [0.717, 1.165) is 12.3 Å². The maximum atomic E-state index is 12.1. The van der Waals surface area contributed by atoms with Gasteiger partial charge in [0.2, 0.25) is 5.91 Å². The van der Waals surface area contributed by atoms with Crippen LogP contribution in [0.4, 0.5) is 0 Å². The standard InChI is InChI=1S/C16H30N2O/c1-15(2)13(17)16(3,4)14(15)18-12(19)10-9-11-7-5-6-8-11/h11,13-14H,5-10,17H2,1-4H3,(H,18,19). The predicted octanol–water partition coefficient (Wildman–Crippen LogP) is 2.83. The van der Waals surface area contributed by atoms with Crippen LogP contribution in [0.2, 0.25) is 0 Å². The number of nitrogens with two attached hydrogens (primary N) is 1. The van der Waals surface area contributed by atoms with Gasteiger partial charge < -0.3 is 11.1 Å². The molecule has 0 aliphatic heterocycles. The molecule has 0 radical (unpaired) electrons. The number of hydrogen-bond acceptors (Lipinski definition) is 2. The molecule has 0 spiro atoms. The summed E-state index contributed by atoms with van der Waals surface area (Å²) in [5.74, 6) is 1.00. The van der Waals surface area contributed by atoms with Crippen LogP contribution in [0.25, 0.3) is 0 Å². The van der Waals surface area contributed by atoms with E-state index in [2.05, 4.69) is 33.0 Å². The third-order valence-electron chi connectivity index (χ3n) is 5.65. The first-order valence-electron chi connectivity index (χ1n) is 7.81. The van der Waals surface area contributed by atoms with Gasteiger partial charge in [-0.15, -0.1) is 0 Å². The maximum Gasteiger partial charge on any atom is 0.220 e. The quantitative estimate of drug-likeness (QED) is 0.822. The van der Waals surface area contributed by atoms with Crippen LogP contribution in [-0.2, 0) is 4.79 Å². The summed E-state index contributed by atoms with van der Waals surface area (Å²) in [6, 6.07) is 0.353. The first-order chi connectivity index (χ1) is 8.76. The Bertz CT molecular complexity index is 327. The van der Waals surface area contributed by atoms with Crippen LogP contribution >= 0.6 is 0 Å². The SMILES string of the molecule is CC1(C)C(N)C(C)(C)C1NC(=O)CCC1CCCC1. The van der Waals surface area contributed by atoms with Gasteiger partial charge in [-0.05, 0) is 12.3 Å². The molecule has 2 aliphatic rings. The van der Waals surface area contributed by atoms with Gasteiger partial charge in [0, 0.05) is 29.3 Å². The van der Waals surface area contributed by atoms with Gasteiger partial charge in [-0.2, -0.15) is 0 Å². The van der Waals surface area contributed by atoms with E-state index >= 15 is 0 Å². The molecule has 0 aromatic carbocycles. The summed E-state index contributed by atoms with van der Waals surface area (Å²) in [4.78, 5) is 12.1. The molecule has 0 saturated heterocycles. The molecule has 3 nitrogen and oxygen atoms in total. The Morgan fingerprint density at radius 2 is 1.68 bits per heavy atom. The molecule has 1 amide bonds. The van der Waals surface area contributed by atoms with Crippen LogP contribution in [0.1, 0.15) is 66.2 Å². The summed E-state index contributed by atoms with van der Waals surface area (Å²) in [5.41, 5.74) is 6.24. The Balaban J connectivity index is 1.81. The molecule has 0 aromatic rings. The van der Waals surface area contributed by atoms with E-state index in [9.17, 15) is 4.79 Å². The first kappa shape index (κ1) is 14.8. The van der Waals surface area contributed by atoms with Crippen molar-refractivity contribution in [3.8, 4) is 0 Å². The van der Waals surface area contributed by atoms with Crippen LogP contribution < -0.4 is 11.1 Å². The van der Waals surface area contributed by atoms with Crippen molar-refractivity contribution >= 4 is 5.91 Å². The lowest BCUT2D eigenvalue weighted by Gasteiger charge is -2.62. The fourth-order valence-electron chi connectivity index (χ4n) is 4.42. The Hall–Kier alpha value is -0.570. The maximum absolute atomic E-state index is 12.1. The van der Waals surface area contributed by atoms with Gasteiger partial charge >= 0.3 is 0 Å². The van der Waals surface area contributed by atoms with Gasteiger partial charge in [0.15, 0.2) is 0 Å². The number of carbonyl (C=O) groups excluding carboxylic acids is 1. The molecule has 0 atom stereocenters. The van der Waals surface area contributed by atoms with E-state index < -0.39 is 0 Å². The second-order valence-electron chi connectivity index (χ2n) is 7.81. The molecule has 3 heteroatoms. The normalized spacial score (nSPS) is 32.9. The molecule has 3 N–H and O–H groups in total. The monoisotopic (exact) mass is 266 g/mol. The minimum absolute atomic E-state index is 0.00647. The average molecular weight is 266 g/mol. The van der Waals surface area contributed by atoms with Gasteiger partial charge in [0.05, 0.1) is 0 Å². The van der Waals surface area contributed by atoms with Crippen molar-refractivity contribution in [2.75, 3.05) is 0 Å². The van der Waals surface area contributed by atoms with Gasteiger partial charge in [-0.1, -0.05) is 53.4 Å². The second-order valence-corrected chi connectivity index (χ2v) is 7.81. The summed E-state index contributed by atoms with van der Waals surface area (Å²) in [5, 5.41) is 3.23. The van der Waals surface area contributed by atoms with Crippen molar-refractivity contribution in [2.45, 2.75) is 78.3 Å². The summed E-state index contributed by atoms with van der Waals surface area (Å²) >= 11 is 0. The Morgan fingerprint density at radius 3 is 2.21 bits per heavy atom. The number of nitrogens with one attached hydrogen (secondary N) is 1. The lowest BCUT2D eigenvalue weighted by molar-refractivity contribution is -0.132. The number of rotatable bonds is 4. The number of amides is 1. The Morgan fingerprint density at radius 1 is 1.16 bits per heavy atom. The van der Waals surface area contributed by atoms with E-state index in [4.69, 9.17) is 5.73 Å². The molecule has 2 aliphatic carbocycles. The van der Waals surface area contributed by atoms with Gasteiger partial charge in [-0.3, -0.25) is 4.79 Å². The third-order valence-corrected chi connectivity index (χ3v) is 5.65. The van der Waals surface area contributed by atoms with Crippen molar-refractivity contribution in [2.24, 2.45) is 22.5 Å². The minimum atomic E-state index is 0.00647. The van der Waals surface area contributed by atoms with Crippen LogP contribution in [0, 0.1) is 16.7 Å². The molecule has 19 heavy (non-hydrogen) atoms. The molecule has 110 valence electrons. The smallest absolute Gasteiger partial charge is 0.220 e. The topological polar surface area (TPSA) is 55.1 Å². The molecular weight excluding hydrogens is 236 g/mol. The molecular formula is C16H30N2O. The summed E-state index contributed by atoms with van der Waals surface area (Å²) in [6.07, 6.45) is 7.08. The van der Waals surface area contributed by atoms with Gasteiger partial charge in [0.1, 0.15) is 0 Å². The van der Waals surface area contributed by atoms with Crippen molar-refractivity contribution in [1.29, 1.82) is 0 Å². The fraction of sp³-hybridized carbons (Fsp3) is 0.938. The lowest BCUT2D eigenvalue weighted by Crippen LogP contribution is -2.76. The van der Waals surface area contributed by atoms with Gasteiger partial charge in [0.25, 0.3) is 0 Å². The van der Waals surface area contributed by atoms with Crippen molar-refractivity contribution < 1.29 is 4.79 Å². The highest BCUT2D eigenvalue weighted by molar-refractivity contribution is 5.76. The largest absolute Gasteiger partial charge is 0.352 e. The Labute approximate surface area is 117 Å². The molecule has 0 aromatic heterocycles. The lowest BCUT2D eigenvalue weighted by atomic mass is 9.48. The van der Waals surface area contributed by atoms with Crippen molar-refractivity contribution in [3.63, 3.8) is 0 Å². The average Bonchev–Trinajstić information content (AvgIpc) is 2.85. The van der Waals surface area contributed by atoms with Crippen LogP contribution in [0.3, 0.4) is 0 Å². The van der Waals surface area contributed by atoms with E-state index in [1.165, 1.54) is 25.7 Å². The highest BCUT2D eigenvalue weighted by atomic mass is 16.1. The number of hydrogen-bond donors (Lipinski definition) is 2. The summed E-state index contributed by atoms with van der Waals surface area (Å²) in [7, 11) is 0. The minimum Gasteiger partial charge on any atom is -0.352 e. The summed E-state index contributed by atoms with van der Waals surface area (Å²) in [6.45, 7) is 8.63. The van der Waals surface area contributed by atoms with Gasteiger partial charge in [-0.25, -0.2) is 0 Å². The van der Waals surface area contributed by atoms with E-state index in [0.29, 0.717) is 6.42 Å². The van der Waals surface area contributed by atoms with Crippen molar-refractivity contribution in [3.05, 3.63) is 0 Å². The van der Waals surface area contributed by atoms with Crippen LogP contribution in [-0.4, -0.2) is 18.0 Å². The molecule has 0 bridgehead atoms. The van der Waals surface area contributed by atoms with E-state index in [1.807, 2.05) is 0 Å². The van der Waals surface area contributed by atoms with Crippen LogP contribution in [0.15, 0.2) is 0 Å². The highest BCUT2D eigenvalue weighted by Gasteiger charge is 2.60. The first-order valence-corrected chi connectivity index (χ1v) is 7.81. The zero-order valence-electron chi connectivity index (χ0n) is 13.0. The summed E-state index contributed by atoms with van der Waals surface area (Å²) < 4.78 is 0. The zero-order chi connectivity index (χ0) is 14.3. The molecule has 2 fully saturated rings. The second kappa shape index (κ2) is 5.08. The van der Waals surface area contributed by atoms with Crippen molar-refractivity contribution in [1.82, 2.24) is 5.32 Å². The van der Waals surface area contributed by atoms with E-state index in [1.54, 1.807) is 0 Å². The van der Waals surface area contributed by atoms with E-state index in [-0.39, 0.29) is 28.8 Å². The van der Waals surface area contributed by atoms with Crippen LogP contribution in [0.5, 0.6) is 0 Å². The molecule has 0 unspecified atom stereocenters. The zero-order valence-corrected chi connectivity index (χ0v) is 13.0. The third kappa shape index (κ3) is 2.67. The number of carbonyl (C=O) groups is 1. The molecule has 0 heterocycles.